The van der Waals surface area contributed by atoms with E-state index in [0.717, 1.165) is 11.8 Å². The molecule has 0 bridgehead atoms. The van der Waals surface area contributed by atoms with E-state index in [0.29, 0.717) is 11.3 Å². The van der Waals surface area contributed by atoms with E-state index < -0.39 is 16.1 Å². The summed E-state index contributed by atoms with van der Waals surface area (Å²) < 4.78 is 34.4. The minimum absolute atomic E-state index is 0.0453. The van der Waals surface area contributed by atoms with Crippen molar-refractivity contribution in [3.8, 4) is 11.5 Å². The Labute approximate surface area is 156 Å². The van der Waals surface area contributed by atoms with Crippen LogP contribution in [0.1, 0.15) is 11.1 Å². The Morgan fingerprint density at radius 2 is 1.81 bits per heavy atom. The number of nitrogens with two attached hydrogens (primary N) is 2. The number of hydrogen-bond acceptors (Lipinski definition) is 6. The van der Waals surface area contributed by atoms with Crippen LogP contribution in [0.5, 0.6) is 11.5 Å². The van der Waals surface area contributed by atoms with Crippen LogP contribution in [-0.4, -0.2) is 42.2 Å². The van der Waals surface area contributed by atoms with Crippen molar-refractivity contribution in [3.05, 3.63) is 58.8 Å². The minimum Gasteiger partial charge on any atom is -0.722 e. The van der Waals surface area contributed by atoms with Gasteiger partial charge in [-0.3, -0.25) is 16.0 Å². The van der Waals surface area contributed by atoms with Crippen LogP contribution in [-0.2, 0) is 10.1 Å². The molecule has 6 N–H and O–H groups in total. The number of methoxy groups -OCH3 is 1. The molecule has 10 nitrogen and oxygen atoms in total. The number of ether oxygens (including phenoxy) is 1. The number of hydrazone groups is 1. The zero-order valence-electron chi connectivity index (χ0n) is 14.6. The van der Waals surface area contributed by atoms with Crippen LogP contribution >= 0.6 is 0 Å². The van der Waals surface area contributed by atoms with Gasteiger partial charge in [-0.2, -0.15) is 8.42 Å². The van der Waals surface area contributed by atoms with Crippen LogP contribution in [0.25, 0.3) is 0 Å². The van der Waals surface area contributed by atoms with Gasteiger partial charge in [0.05, 0.1) is 18.2 Å². The lowest BCUT2D eigenvalue weighted by atomic mass is 10.2. The third kappa shape index (κ3) is 7.22. The molecule has 0 amide bonds. The van der Waals surface area contributed by atoms with E-state index in [-0.39, 0.29) is 15.5 Å². The Hall–Kier alpha value is -3.31. The lowest BCUT2D eigenvalue weighted by Gasteiger charge is -2.04. The number of phenolic OH excluding ortho intramolecular Hbond substituents is 1. The number of aromatic hydroxyl groups is 1. The first kappa shape index (κ1) is 21.7. The number of rotatable bonds is 4. The summed E-state index contributed by atoms with van der Waals surface area (Å²) in [6.07, 6.45) is 1.14. The molecule has 0 aliphatic heterocycles. The molecular weight excluding hydrogens is 376 g/mol. The summed E-state index contributed by atoms with van der Waals surface area (Å²) in [5.41, 5.74) is 11.3. The summed E-state index contributed by atoms with van der Waals surface area (Å²) in [5, 5.41) is 23.8. The largest absolute Gasteiger partial charge is 0.722 e. The Balaban J connectivity index is 0.000000289. The predicted molar refractivity (Wildman–Crippen MR) is 100 cm³/mol. The average molecular weight is 396 g/mol. The van der Waals surface area contributed by atoms with Crippen molar-refractivity contribution in [3.63, 3.8) is 0 Å². The molecule has 11 heteroatoms. The second-order valence-corrected chi connectivity index (χ2v) is 6.58. The van der Waals surface area contributed by atoms with E-state index >= 15 is 0 Å². The smallest absolute Gasteiger partial charge is 0.366 e. The Kier molecular flexibility index (Phi) is 7.57. The van der Waals surface area contributed by atoms with Crippen LogP contribution in [0.2, 0.25) is 0 Å². The van der Waals surface area contributed by atoms with Crippen LogP contribution in [0.15, 0.2) is 52.5 Å². The van der Waals surface area contributed by atoms with Crippen molar-refractivity contribution in [1.29, 1.82) is 0 Å². The molecule has 0 radical (unpaired) electrons. The second kappa shape index (κ2) is 9.40. The second-order valence-electron chi connectivity index (χ2n) is 5.16. The fourth-order valence-electron chi connectivity index (χ4n) is 1.65. The highest BCUT2D eigenvalue weighted by molar-refractivity contribution is 7.85. The van der Waals surface area contributed by atoms with E-state index in [2.05, 4.69) is 5.10 Å². The van der Waals surface area contributed by atoms with Crippen LogP contribution in [0, 0.1) is 12.1 Å². The topological polar surface area (TPSA) is 174 Å². The molecule has 0 spiro atoms. The summed E-state index contributed by atoms with van der Waals surface area (Å²) in [5.74, 6) is -0.0464. The van der Waals surface area contributed by atoms with Crippen LogP contribution in [0.4, 0.5) is 0 Å². The van der Waals surface area contributed by atoms with Crippen molar-refractivity contribution in [2.75, 3.05) is 7.11 Å². The van der Waals surface area contributed by atoms with E-state index in [9.17, 15) is 18.7 Å². The van der Waals surface area contributed by atoms with Gasteiger partial charge < -0.3 is 15.1 Å². The molecule has 146 valence electrons. The summed E-state index contributed by atoms with van der Waals surface area (Å²) in [4.78, 5) is -0.0213. The highest BCUT2D eigenvalue weighted by atomic mass is 32.2. The van der Waals surface area contributed by atoms with Gasteiger partial charge in [-0.25, -0.2) is 0 Å². The molecule has 2 rings (SSSR count). The van der Waals surface area contributed by atoms with Gasteiger partial charge in [0, 0.05) is 11.6 Å². The molecule has 0 heterocycles. The van der Waals surface area contributed by atoms with E-state index in [1.165, 1.54) is 31.4 Å². The number of benzene rings is 2. The van der Waals surface area contributed by atoms with Crippen LogP contribution in [0.3, 0.4) is 0 Å². The van der Waals surface area contributed by atoms with Gasteiger partial charge in [0.2, 0.25) is 0 Å². The molecular formula is C16H20N4O6S. The highest BCUT2D eigenvalue weighted by Crippen LogP contribution is 2.21. The molecule has 0 aromatic heterocycles. The van der Waals surface area contributed by atoms with Gasteiger partial charge in [-0.05, 0) is 31.2 Å². The first-order chi connectivity index (χ1) is 12.5. The normalized spacial score (nSPS) is 10.8. The molecule has 0 aliphatic rings. The molecule has 0 fully saturated rings. The molecule has 0 aliphatic carbocycles. The third-order valence-corrected chi connectivity index (χ3v) is 3.95. The van der Waals surface area contributed by atoms with Crippen LogP contribution < -0.4 is 16.2 Å². The Morgan fingerprint density at radius 3 is 2.26 bits per heavy atom. The first-order valence-electron chi connectivity index (χ1n) is 7.35. The maximum atomic E-state index is 10.9. The SMILES string of the molecule is COc1ccc(/C=N/[N+]([O-])=C(N)N)c(O)c1.Cc1ccc(S(=O)(=O)O)cc1. The standard InChI is InChI=1S/C9H12N4O3.C7H8O3S/c1-16-7-3-2-6(8(14)4-7)5-12-13(15)9(10)11;1-6-2-4-7(5-3-6)11(8,9)10/h2-5,14H,10-11H2,1H3;2-5H,1H3,(H,8,9,10)/b12-5+;. The van der Waals surface area contributed by atoms with E-state index in [1.807, 2.05) is 6.92 Å². The lowest BCUT2D eigenvalue weighted by molar-refractivity contribution is -0.463. The number of aryl methyl sites for hydroxylation is 1. The molecule has 2 aromatic carbocycles. The first-order valence-corrected chi connectivity index (χ1v) is 8.79. The minimum atomic E-state index is -4.02. The number of guanidine groups is 1. The van der Waals surface area contributed by atoms with Crippen molar-refractivity contribution in [2.45, 2.75) is 11.8 Å². The lowest BCUT2D eigenvalue weighted by Crippen LogP contribution is -2.30. The van der Waals surface area contributed by atoms with Gasteiger partial charge in [-0.15, -0.1) is 9.95 Å². The van der Waals surface area contributed by atoms with E-state index in [1.54, 1.807) is 18.2 Å². The van der Waals surface area contributed by atoms with Gasteiger partial charge in [0.15, 0.2) is 0 Å². The van der Waals surface area contributed by atoms with Gasteiger partial charge in [0.1, 0.15) is 11.5 Å². The zero-order valence-corrected chi connectivity index (χ0v) is 15.4. The fraction of sp³-hybridized carbons (Fsp3) is 0.125. The molecule has 2 aromatic rings. The number of nitrogens with zero attached hydrogens (tertiary/aromatic N) is 2. The number of phenols is 1. The highest BCUT2D eigenvalue weighted by Gasteiger charge is 2.06. The predicted octanol–water partition coefficient (Wildman–Crippen LogP) is 0.760. The van der Waals surface area contributed by atoms with Crippen molar-refractivity contribution in [1.82, 2.24) is 0 Å². The summed E-state index contributed by atoms with van der Waals surface area (Å²) in [7, 11) is -2.54. The average Bonchev–Trinajstić information content (AvgIpc) is 2.60. The molecule has 27 heavy (non-hydrogen) atoms. The molecule has 0 saturated carbocycles. The fourth-order valence-corrected chi connectivity index (χ4v) is 2.13. The Morgan fingerprint density at radius 1 is 1.22 bits per heavy atom. The Bertz CT molecular complexity index is 936. The maximum Gasteiger partial charge on any atom is 0.366 e. The monoisotopic (exact) mass is 396 g/mol. The van der Waals surface area contributed by atoms with Gasteiger partial charge in [0.25, 0.3) is 10.1 Å². The summed E-state index contributed by atoms with van der Waals surface area (Å²) in [6.45, 7) is 1.84. The number of hydrogen-bond donors (Lipinski definition) is 4. The summed E-state index contributed by atoms with van der Waals surface area (Å²) >= 11 is 0. The van der Waals surface area contributed by atoms with Crippen molar-refractivity contribution < 1.29 is 27.7 Å². The molecule has 0 saturated heterocycles. The van der Waals surface area contributed by atoms with Crippen molar-refractivity contribution >= 4 is 22.3 Å². The van der Waals surface area contributed by atoms with Gasteiger partial charge >= 0.3 is 5.96 Å². The van der Waals surface area contributed by atoms with Gasteiger partial charge in [-0.1, -0.05) is 17.7 Å². The molecule has 0 atom stereocenters. The third-order valence-electron chi connectivity index (χ3n) is 3.08. The zero-order chi connectivity index (χ0) is 20.6. The molecule has 0 unspecified atom stereocenters. The summed E-state index contributed by atoms with van der Waals surface area (Å²) in [6, 6.07) is 10.5. The van der Waals surface area contributed by atoms with Crippen molar-refractivity contribution in [2.24, 2.45) is 16.6 Å². The quantitative estimate of drug-likeness (QED) is 0.146. The van der Waals surface area contributed by atoms with E-state index in [4.69, 9.17) is 20.8 Å². The maximum absolute atomic E-state index is 10.9.